The van der Waals surface area contributed by atoms with Gasteiger partial charge in [0.25, 0.3) is 0 Å². The number of aryl methyl sites for hydroxylation is 2. The number of carbonyl (C=O) groups excluding carboxylic acids is 1. The maximum Gasteiger partial charge on any atom is 0.167 e. The quantitative estimate of drug-likeness (QED) is 0.516. The summed E-state index contributed by atoms with van der Waals surface area (Å²) < 4.78 is 6.97. The van der Waals surface area contributed by atoms with Gasteiger partial charge in [0, 0.05) is 36.1 Å². The van der Waals surface area contributed by atoms with Gasteiger partial charge in [-0.3, -0.25) is 19.4 Å². The molecule has 4 rings (SSSR count). The second kappa shape index (κ2) is 6.51. The maximum atomic E-state index is 12.6. The fourth-order valence-electron chi connectivity index (χ4n) is 2.90. The Morgan fingerprint density at radius 2 is 1.96 bits per heavy atom. The number of benzene rings is 1. The number of nitrogens with zero attached hydrogens (tertiary/aromatic N) is 5. The molecule has 1 aromatic carbocycles. The molecule has 0 bridgehead atoms. The summed E-state index contributed by atoms with van der Waals surface area (Å²) in [4.78, 5) is 21.0. The lowest BCUT2D eigenvalue weighted by Crippen LogP contribution is -2.04. The molecular formula is C19H17N5O2. The van der Waals surface area contributed by atoms with E-state index in [1.165, 1.54) is 0 Å². The van der Waals surface area contributed by atoms with E-state index in [1.807, 2.05) is 26.1 Å². The summed E-state index contributed by atoms with van der Waals surface area (Å²) in [5, 5.41) is 8.29. The number of hydrogen-bond acceptors (Lipinski definition) is 6. The van der Waals surface area contributed by atoms with E-state index in [-0.39, 0.29) is 12.2 Å². The Bertz CT molecular complexity index is 1080. The Labute approximate surface area is 149 Å². The van der Waals surface area contributed by atoms with Gasteiger partial charge < -0.3 is 4.52 Å². The average Bonchev–Trinajstić information content (AvgIpc) is 3.22. The van der Waals surface area contributed by atoms with Gasteiger partial charge in [-0.05, 0) is 37.6 Å². The van der Waals surface area contributed by atoms with Gasteiger partial charge in [-0.25, -0.2) is 0 Å². The lowest BCUT2D eigenvalue weighted by Gasteiger charge is -2.02. The molecule has 0 amide bonds. The van der Waals surface area contributed by atoms with Crippen LogP contribution in [0.15, 0.2) is 47.5 Å². The lowest BCUT2D eigenvalue weighted by atomic mass is 10.0. The predicted octanol–water partition coefficient (Wildman–Crippen LogP) is 2.90. The highest BCUT2D eigenvalue weighted by Gasteiger charge is 2.13. The lowest BCUT2D eigenvalue weighted by molar-refractivity contribution is 0.0993. The van der Waals surface area contributed by atoms with E-state index in [0.717, 1.165) is 28.1 Å². The molecule has 0 aliphatic rings. The smallest absolute Gasteiger partial charge is 0.167 e. The predicted molar refractivity (Wildman–Crippen MR) is 94.9 cm³/mol. The molecule has 0 saturated heterocycles. The van der Waals surface area contributed by atoms with Crippen LogP contribution >= 0.6 is 0 Å². The molecule has 0 unspecified atom stereocenters. The van der Waals surface area contributed by atoms with E-state index in [1.54, 1.807) is 35.4 Å². The number of Topliss-reactive ketones (excluding diaryl/α,β-unsaturated/α-hetero) is 1. The first-order chi connectivity index (χ1) is 12.6. The summed E-state index contributed by atoms with van der Waals surface area (Å²) in [6.07, 6.45) is 7.14. The van der Waals surface area contributed by atoms with Gasteiger partial charge in [-0.1, -0.05) is 5.16 Å². The normalized spacial score (nSPS) is 11.2. The summed E-state index contributed by atoms with van der Waals surface area (Å²) in [5.74, 6) is 0.808. The minimum absolute atomic E-state index is 0.0226. The Hall–Kier alpha value is -3.35. The topological polar surface area (TPSA) is 86.7 Å². The van der Waals surface area contributed by atoms with Gasteiger partial charge in [0.05, 0.1) is 29.5 Å². The van der Waals surface area contributed by atoms with Crippen LogP contribution in [0.25, 0.3) is 11.0 Å². The zero-order valence-corrected chi connectivity index (χ0v) is 14.5. The molecule has 26 heavy (non-hydrogen) atoms. The number of fused-ring (bicyclic) bond motifs is 1. The minimum atomic E-state index is 0.0226. The van der Waals surface area contributed by atoms with Crippen molar-refractivity contribution in [3.8, 4) is 0 Å². The van der Waals surface area contributed by atoms with Crippen molar-refractivity contribution in [2.24, 2.45) is 0 Å². The van der Waals surface area contributed by atoms with Gasteiger partial charge in [-0.15, -0.1) is 0 Å². The van der Waals surface area contributed by atoms with E-state index in [0.29, 0.717) is 17.6 Å². The number of carbonyl (C=O) groups is 1. The molecule has 0 N–H and O–H groups in total. The number of rotatable bonds is 5. The number of hydrogen-bond donors (Lipinski definition) is 0. The van der Waals surface area contributed by atoms with E-state index < -0.39 is 0 Å². The molecule has 0 saturated carbocycles. The summed E-state index contributed by atoms with van der Waals surface area (Å²) in [7, 11) is 0. The first-order valence-corrected chi connectivity index (χ1v) is 8.27. The van der Waals surface area contributed by atoms with Crippen molar-refractivity contribution in [3.63, 3.8) is 0 Å². The van der Waals surface area contributed by atoms with Gasteiger partial charge in [0.15, 0.2) is 5.78 Å². The van der Waals surface area contributed by atoms with Crippen molar-refractivity contribution in [1.29, 1.82) is 0 Å². The Morgan fingerprint density at radius 3 is 2.73 bits per heavy atom. The van der Waals surface area contributed by atoms with E-state index in [4.69, 9.17) is 4.52 Å². The standard InChI is InChI=1S/C19H17N5O2/c1-12-16(13(2)26-23-12)11-24-10-14(9-22-24)7-19(25)15-3-4-17-18(8-15)21-6-5-20-17/h3-6,8-10H,7,11H2,1-2H3. The Morgan fingerprint density at radius 1 is 1.15 bits per heavy atom. The highest BCUT2D eigenvalue weighted by Crippen LogP contribution is 2.16. The second-order valence-corrected chi connectivity index (χ2v) is 6.21. The van der Waals surface area contributed by atoms with Crippen LogP contribution in [0.3, 0.4) is 0 Å². The van der Waals surface area contributed by atoms with Crippen LogP contribution < -0.4 is 0 Å². The zero-order valence-electron chi connectivity index (χ0n) is 14.5. The minimum Gasteiger partial charge on any atom is -0.361 e. The number of ketones is 1. The zero-order chi connectivity index (χ0) is 18.1. The van der Waals surface area contributed by atoms with Crippen molar-refractivity contribution in [3.05, 3.63) is 71.1 Å². The summed E-state index contributed by atoms with van der Waals surface area (Å²) in [6.45, 7) is 4.36. The van der Waals surface area contributed by atoms with E-state index >= 15 is 0 Å². The van der Waals surface area contributed by atoms with E-state index in [2.05, 4.69) is 20.2 Å². The average molecular weight is 347 g/mol. The molecule has 0 atom stereocenters. The summed E-state index contributed by atoms with van der Waals surface area (Å²) in [6, 6.07) is 5.38. The van der Waals surface area contributed by atoms with Gasteiger partial charge in [0.1, 0.15) is 5.76 Å². The largest absolute Gasteiger partial charge is 0.361 e. The van der Waals surface area contributed by atoms with Crippen LogP contribution in [0.4, 0.5) is 0 Å². The van der Waals surface area contributed by atoms with Crippen molar-refractivity contribution in [2.75, 3.05) is 0 Å². The molecule has 0 fully saturated rings. The van der Waals surface area contributed by atoms with Crippen LogP contribution in [-0.4, -0.2) is 30.7 Å². The van der Waals surface area contributed by atoms with E-state index in [9.17, 15) is 4.79 Å². The maximum absolute atomic E-state index is 12.6. The van der Waals surface area contributed by atoms with Crippen LogP contribution in [0.5, 0.6) is 0 Å². The molecule has 0 aliphatic heterocycles. The van der Waals surface area contributed by atoms with Crippen LogP contribution in [-0.2, 0) is 13.0 Å². The molecule has 0 radical (unpaired) electrons. The third-order valence-corrected chi connectivity index (χ3v) is 4.34. The van der Waals surface area contributed by atoms with Crippen LogP contribution in [0.2, 0.25) is 0 Å². The van der Waals surface area contributed by atoms with Crippen molar-refractivity contribution < 1.29 is 9.32 Å². The summed E-state index contributed by atoms with van der Waals surface area (Å²) in [5.41, 5.74) is 4.84. The second-order valence-electron chi connectivity index (χ2n) is 6.21. The fourth-order valence-corrected chi connectivity index (χ4v) is 2.90. The van der Waals surface area contributed by atoms with Gasteiger partial charge in [0.2, 0.25) is 0 Å². The SMILES string of the molecule is Cc1noc(C)c1Cn1cc(CC(=O)c2ccc3nccnc3c2)cn1. The van der Waals surface area contributed by atoms with Crippen LogP contribution in [0, 0.1) is 13.8 Å². The molecule has 0 spiro atoms. The highest BCUT2D eigenvalue weighted by atomic mass is 16.5. The van der Waals surface area contributed by atoms with Crippen LogP contribution in [0.1, 0.15) is 32.9 Å². The molecule has 3 heterocycles. The first kappa shape index (κ1) is 16.1. The fraction of sp³-hybridized carbons (Fsp3) is 0.211. The third-order valence-electron chi connectivity index (χ3n) is 4.34. The van der Waals surface area contributed by atoms with Gasteiger partial charge in [-0.2, -0.15) is 5.10 Å². The highest BCUT2D eigenvalue weighted by molar-refractivity contribution is 5.99. The molecular weight excluding hydrogens is 330 g/mol. The Kier molecular flexibility index (Phi) is 4.04. The third kappa shape index (κ3) is 3.11. The molecule has 3 aromatic heterocycles. The monoisotopic (exact) mass is 347 g/mol. The van der Waals surface area contributed by atoms with Crippen molar-refractivity contribution >= 4 is 16.8 Å². The first-order valence-electron chi connectivity index (χ1n) is 8.27. The molecule has 7 nitrogen and oxygen atoms in total. The molecule has 0 aliphatic carbocycles. The van der Waals surface area contributed by atoms with Gasteiger partial charge >= 0.3 is 0 Å². The molecule has 7 heteroatoms. The van der Waals surface area contributed by atoms with Crippen molar-refractivity contribution in [2.45, 2.75) is 26.8 Å². The summed E-state index contributed by atoms with van der Waals surface area (Å²) >= 11 is 0. The molecule has 4 aromatic rings. The number of aromatic nitrogens is 5. The molecule has 130 valence electrons. The Balaban J connectivity index is 1.50. The van der Waals surface area contributed by atoms with Crippen molar-refractivity contribution in [1.82, 2.24) is 24.9 Å².